The van der Waals surface area contributed by atoms with Gasteiger partial charge in [-0.15, -0.1) is 0 Å². The zero-order valence-electron chi connectivity index (χ0n) is 9.02. The Morgan fingerprint density at radius 2 is 2.00 bits per heavy atom. The van der Waals surface area contributed by atoms with Crippen LogP contribution in [0.3, 0.4) is 0 Å². The van der Waals surface area contributed by atoms with Gasteiger partial charge in [0.2, 0.25) is 0 Å². The molecule has 0 aliphatic carbocycles. The number of benzene rings is 1. The first kappa shape index (κ1) is 12.0. The van der Waals surface area contributed by atoms with Gasteiger partial charge in [0.25, 0.3) is 5.69 Å². The molecule has 0 unspecified atom stereocenters. The van der Waals surface area contributed by atoms with E-state index < -0.39 is 4.92 Å². The lowest BCUT2D eigenvalue weighted by Crippen LogP contribution is -2.07. The summed E-state index contributed by atoms with van der Waals surface area (Å²) in [5.74, 6) is -0.635. The van der Waals surface area contributed by atoms with E-state index >= 15 is 0 Å². The van der Waals surface area contributed by atoms with E-state index in [0.717, 1.165) is 0 Å². The van der Waals surface area contributed by atoms with Gasteiger partial charge in [-0.3, -0.25) is 19.7 Å². The average molecular weight is 221 g/mol. The highest BCUT2D eigenvalue weighted by Crippen LogP contribution is 2.22. The second kappa shape index (κ2) is 4.65. The average Bonchev–Trinajstić information content (AvgIpc) is 2.16. The molecular formula is C11H11NO4. The number of carbonyl (C=O) groups excluding carboxylic acids is 2. The number of rotatable bonds is 4. The molecule has 0 spiro atoms. The fourth-order valence-corrected chi connectivity index (χ4v) is 1.44. The molecule has 0 saturated carbocycles. The third-order valence-electron chi connectivity index (χ3n) is 2.21. The predicted octanol–water partition coefficient (Wildman–Crippen LogP) is 2.07. The van der Waals surface area contributed by atoms with Crippen molar-refractivity contribution in [3.8, 4) is 0 Å². The first-order chi connectivity index (χ1) is 7.43. The summed E-state index contributed by atoms with van der Waals surface area (Å²) in [6, 6.07) is 4.27. The van der Waals surface area contributed by atoms with Gasteiger partial charge >= 0.3 is 0 Å². The maximum atomic E-state index is 11.6. The first-order valence-electron chi connectivity index (χ1n) is 4.70. The first-order valence-corrected chi connectivity index (χ1v) is 4.70. The van der Waals surface area contributed by atoms with Crippen molar-refractivity contribution in [2.75, 3.05) is 0 Å². The van der Waals surface area contributed by atoms with Crippen LogP contribution in [-0.4, -0.2) is 16.5 Å². The molecule has 1 aromatic carbocycles. The monoisotopic (exact) mass is 221 g/mol. The minimum absolute atomic E-state index is 0.102. The normalized spacial score (nSPS) is 9.88. The minimum atomic E-state index is -0.542. The highest BCUT2D eigenvalue weighted by atomic mass is 16.6. The third-order valence-corrected chi connectivity index (χ3v) is 2.21. The van der Waals surface area contributed by atoms with E-state index in [4.69, 9.17) is 0 Å². The van der Waals surface area contributed by atoms with Crippen molar-refractivity contribution in [1.82, 2.24) is 0 Å². The van der Waals surface area contributed by atoms with Crippen LogP contribution in [0, 0.1) is 17.0 Å². The Kier molecular flexibility index (Phi) is 3.50. The number of carbonyl (C=O) groups is 2. The van der Waals surface area contributed by atoms with Crippen LogP contribution >= 0.6 is 0 Å². The summed E-state index contributed by atoms with van der Waals surface area (Å²) in [5.41, 5.74) is 0.442. The molecule has 0 bridgehead atoms. The fourth-order valence-electron chi connectivity index (χ4n) is 1.44. The molecule has 5 heteroatoms. The summed E-state index contributed by atoms with van der Waals surface area (Å²) >= 11 is 0. The van der Waals surface area contributed by atoms with Gasteiger partial charge in [-0.25, -0.2) is 0 Å². The number of nitro groups is 1. The quantitative estimate of drug-likeness (QED) is 0.337. The summed E-state index contributed by atoms with van der Waals surface area (Å²) in [5, 5.41) is 10.6. The largest absolute Gasteiger partial charge is 0.300 e. The molecule has 84 valence electrons. The molecule has 1 aromatic rings. The Labute approximate surface area is 92.2 Å². The second-order valence-electron chi connectivity index (χ2n) is 3.51. The zero-order valence-corrected chi connectivity index (χ0v) is 9.02. The molecule has 16 heavy (non-hydrogen) atoms. The molecular weight excluding hydrogens is 210 g/mol. The zero-order chi connectivity index (χ0) is 12.3. The third kappa shape index (κ3) is 2.50. The van der Waals surface area contributed by atoms with E-state index in [-0.39, 0.29) is 29.2 Å². The molecule has 0 fully saturated rings. The van der Waals surface area contributed by atoms with Crippen molar-refractivity contribution < 1.29 is 14.5 Å². The molecule has 1 rings (SSSR count). The van der Waals surface area contributed by atoms with Crippen LogP contribution in [0.2, 0.25) is 0 Å². The smallest absolute Gasteiger partial charge is 0.273 e. The number of ketones is 2. The second-order valence-corrected chi connectivity index (χ2v) is 3.51. The number of hydrogen-bond acceptors (Lipinski definition) is 4. The van der Waals surface area contributed by atoms with Crippen LogP contribution in [0.5, 0.6) is 0 Å². The highest BCUT2D eigenvalue weighted by Gasteiger charge is 2.18. The van der Waals surface area contributed by atoms with E-state index in [1.807, 2.05) is 0 Å². The van der Waals surface area contributed by atoms with Gasteiger partial charge in [0.05, 0.1) is 11.3 Å². The Hall–Kier alpha value is -2.04. The number of hydrogen-bond donors (Lipinski definition) is 0. The topological polar surface area (TPSA) is 77.3 Å². The van der Waals surface area contributed by atoms with Crippen molar-refractivity contribution in [1.29, 1.82) is 0 Å². The van der Waals surface area contributed by atoms with E-state index in [1.165, 1.54) is 32.0 Å². The summed E-state index contributed by atoms with van der Waals surface area (Å²) in [4.78, 5) is 32.5. The minimum Gasteiger partial charge on any atom is -0.300 e. The Morgan fingerprint density at radius 3 is 2.50 bits per heavy atom. The Balaban J connectivity index is 3.15. The van der Waals surface area contributed by atoms with Crippen molar-refractivity contribution >= 4 is 17.3 Å². The van der Waals surface area contributed by atoms with E-state index in [0.29, 0.717) is 5.56 Å². The number of nitrogens with zero attached hydrogens (tertiary/aromatic N) is 1. The molecule has 0 heterocycles. The van der Waals surface area contributed by atoms with Crippen molar-refractivity contribution in [3.05, 3.63) is 39.4 Å². The highest BCUT2D eigenvalue weighted by molar-refractivity contribution is 6.08. The fraction of sp³-hybridized carbons (Fsp3) is 0.273. The SMILES string of the molecule is CC(=O)CC(=O)c1cccc([N+](=O)[O-])c1C. The van der Waals surface area contributed by atoms with E-state index in [2.05, 4.69) is 0 Å². The van der Waals surface area contributed by atoms with E-state index in [9.17, 15) is 19.7 Å². The molecule has 0 atom stereocenters. The lowest BCUT2D eigenvalue weighted by Gasteiger charge is -2.03. The standard InChI is InChI=1S/C11H11NO4/c1-7(13)6-11(14)9-4-3-5-10(8(9)2)12(15)16/h3-5H,6H2,1-2H3. The van der Waals surface area contributed by atoms with Gasteiger partial charge in [0.15, 0.2) is 5.78 Å². The van der Waals surface area contributed by atoms with Crippen molar-refractivity contribution in [2.24, 2.45) is 0 Å². The van der Waals surface area contributed by atoms with Crippen LogP contribution in [0.1, 0.15) is 29.3 Å². The van der Waals surface area contributed by atoms with E-state index in [1.54, 1.807) is 0 Å². The summed E-state index contributed by atoms with van der Waals surface area (Å²) in [6.45, 7) is 2.82. The lowest BCUT2D eigenvalue weighted by molar-refractivity contribution is -0.385. The van der Waals surface area contributed by atoms with Gasteiger partial charge in [0.1, 0.15) is 5.78 Å². The van der Waals surface area contributed by atoms with Gasteiger partial charge in [-0.1, -0.05) is 12.1 Å². The Bertz CT molecular complexity index is 465. The summed E-state index contributed by atoms with van der Waals surface area (Å²) in [7, 11) is 0. The predicted molar refractivity (Wildman–Crippen MR) is 57.5 cm³/mol. The molecule has 0 aliphatic rings. The van der Waals surface area contributed by atoms with Gasteiger partial charge in [-0.05, 0) is 13.8 Å². The number of nitro benzene ring substituents is 1. The van der Waals surface area contributed by atoms with Crippen molar-refractivity contribution in [3.63, 3.8) is 0 Å². The van der Waals surface area contributed by atoms with Crippen LogP contribution in [0.15, 0.2) is 18.2 Å². The molecule has 0 aliphatic heterocycles. The maximum Gasteiger partial charge on any atom is 0.273 e. The van der Waals surface area contributed by atoms with Crippen LogP contribution in [0.25, 0.3) is 0 Å². The lowest BCUT2D eigenvalue weighted by atomic mass is 10.00. The van der Waals surface area contributed by atoms with Gasteiger partial charge < -0.3 is 0 Å². The van der Waals surface area contributed by atoms with Crippen molar-refractivity contribution in [2.45, 2.75) is 20.3 Å². The van der Waals surface area contributed by atoms with Gasteiger partial charge in [-0.2, -0.15) is 0 Å². The Morgan fingerprint density at radius 1 is 1.38 bits per heavy atom. The van der Waals surface area contributed by atoms with Crippen LogP contribution in [0.4, 0.5) is 5.69 Å². The summed E-state index contributed by atoms with van der Waals surface area (Å²) < 4.78 is 0. The molecule has 5 nitrogen and oxygen atoms in total. The molecule has 0 N–H and O–H groups in total. The maximum absolute atomic E-state index is 11.6. The molecule has 0 radical (unpaired) electrons. The molecule has 0 amide bonds. The van der Waals surface area contributed by atoms with Crippen LogP contribution < -0.4 is 0 Å². The summed E-state index contributed by atoms with van der Waals surface area (Å²) in [6.07, 6.45) is -0.220. The van der Waals surface area contributed by atoms with Crippen LogP contribution in [-0.2, 0) is 4.79 Å². The van der Waals surface area contributed by atoms with Gasteiger partial charge in [0, 0.05) is 17.2 Å². The molecule has 0 aromatic heterocycles. The molecule has 0 saturated heterocycles. The number of Topliss-reactive ketones (excluding diaryl/α,β-unsaturated/α-hetero) is 2.